The average Bonchev–Trinajstić information content (AvgIpc) is 3.28. The average molecular weight is 417 g/mol. The zero-order chi connectivity index (χ0) is 20.3. The summed E-state index contributed by atoms with van der Waals surface area (Å²) < 4.78 is 0. The van der Waals surface area contributed by atoms with Crippen molar-refractivity contribution in [1.29, 1.82) is 0 Å². The van der Waals surface area contributed by atoms with E-state index >= 15 is 0 Å². The topological polar surface area (TPSA) is 97.3 Å². The van der Waals surface area contributed by atoms with Gasteiger partial charge in [-0.3, -0.25) is 9.59 Å². The Kier molecular flexibility index (Phi) is 7.54. The molecule has 1 aromatic heterocycles. The Morgan fingerprint density at radius 3 is 2.52 bits per heavy atom. The van der Waals surface area contributed by atoms with Gasteiger partial charge in [0.1, 0.15) is 6.04 Å². The van der Waals surface area contributed by atoms with Crippen molar-refractivity contribution in [2.24, 2.45) is 5.41 Å². The zero-order valence-corrected chi connectivity index (χ0v) is 18.6. The lowest BCUT2D eigenvalue weighted by atomic mass is 9.91. The molecule has 0 radical (unpaired) electrons. The van der Waals surface area contributed by atoms with E-state index in [0.29, 0.717) is 19.5 Å². The standard InChI is InChI=1S/C22H29N3O2S.H3N/c1-15-20(28-14-24-15)17-9-7-16(8-10-17)13-23-21(27)18-6-5-11-25(18)19(26)12-22(2,3)4;/h7-10,14,18H,5-6,11-13H2,1-4H3,(H,23,27);1H3. The molecule has 1 atom stereocenters. The van der Waals surface area contributed by atoms with Crippen LogP contribution in [0.15, 0.2) is 29.8 Å². The van der Waals surface area contributed by atoms with Gasteiger partial charge in [0.05, 0.1) is 16.1 Å². The Bertz CT molecular complexity index is 839. The van der Waals surface area contributed by atoms with Crippen molar-refractivity contribution in [2.75, 3.05) is 6.54 Å². The van der Waals surface area contributed by atoms with E-state index in [9.17, 15) is 9.59 Å². The van der Waals surface area contributed by atoms with E-state index in [1.54, 1.807) is 16.2 Å². The van der Waals surface area contributed by atoms with E-state index in [4.69, 9.17) is 0 Å². The van der Waals surface area contributed by atoms with E-state index in [0.717, 1.165) is 29.7 Å². The van der Waals surface area contributed by atoms with Crippen molar-refractivity contribution in [3.63, 3.8) is 0 Å². The fourth-order valence-electron chi connectivity index (χ4n) is 3.55. The van der Waals surface area contributed by atoms with Crippen LogP contribution < -0.4 is 11.5 Å². The predicted octanol–water partition coefficient (Wildman–Crippen LogP) is 4.32. The summed E-state index contributed by atoms with van der Waals surface area (Å²) in [5.41, 5.74) is 5.01. The molecule has 2 aromatic rings. The molecule has 6 nitrogen and oxygen atoms in total. The van der Waals surface area contributed by atoms with Crippen LogP contribution in [0.5, 0.6) is 0 Å². The number of amides is 2. The van der Waals surface area contributed by atoms with Gasteiger partial charge in [0, 0.05) is 19.5 Å². The second kappa shape index (κ2) is 9.50. The van der Waals surface area contributed by atoms with E-state index < -0.39 is 0 Å². The zero-order valence-electron chi connectivity index (χ0n) is 17.8. The Morgan fingerprint density at radius 1 is 1.24 bits per heavy atom. The number of benzene rings is 1. The van der Waals surface area contributed by atoms with Crippen LogP contribution in [0.4, 0.5) is 0 Å². The summed E-state index contributed by atoms with van der Waals surface area (Å²) in [6, 6.07) is 7.86. The summed E-state index contributed by atoms with van der Waals surface area (Å²) >= 11 is 1.63. The maximum atomic E-state index is 12.7. The van der Waals surface area contributed by atoms with Crippen LogP contribution in [0.1, 0.15) is 51.3 Å². The Morgan fingerprint density at radius 2 is 1.93 bits per heavy atom. The molecule has 1 fully saturated rings. The molecule has 0 spiro atoms. The number of nitrogens with zero attached hydrogens (tertiary/aromatic N) is 2. The number of thiazole rings is 1. The molecular weight excluding hydrogens is 384 g/mol. The summed E-state index contributed by atoms with van der Waals surface area (Å²) in [5.74, 6) is 0.0246. The van der Waals surface area contributed by atoms with Gasteiger partial charge in [0.2, 0.25) is 11.8 Å². The molecule has 0 bridgehead atoms. The van der Waals surface area contributed by atoms with Crippen molar-refractivity contribution in [3.05, 3.63) is 41.0 Å². The second-order valence-electron chi connectivity index (χ2n) is 8.66. The highest BCUT2D eigenvalue weighted by molar-refractivity contribution is 7.13. The van der Waals surface area contributed by atoms with Gasteiger partial charge in [0.15, 0.2) is 0 Å². The number of aryl methyl sites for hydroxylation is 1. The summed E-state index contributed by atoms with van der Waals surface area (Å²) in [6.07, 6.45) is 2.09. The van der Waals surface area contributed by atoms with E-state index in [-0.39, 0.29) is 29.4 Å². The van der Waals surface area contributed by atoms with Crippen LogP contribution in [0.2, 0.25) is 0 Å². The number of likely N-dealkylation sites (tertiary alicyclic amines) is 1. The number of carbonyl (C=O) groups is 2. The van der Waals surface area contributed by atoms with E-state index in [1.165, 1.54) is 4.88 Å². The Labute approximate surface area is 177 Å². The summed E-state index contributed by atoms with van der Waals surface area (Å²) in [6.45, 7) is 9.30. The SMILES string of the molecule is Cc1ncsc1-c1ccc(CNC(=O)C2CCCN2C(=O)CC(C)(C)C)cc1.N. The molecule has 2 heterocycles. The van der Waals surface area contributed by atoms with E-state index in [2.05, 4.69) is 22.4 Å². The molecule has 1 saturated heterocycles. The molecule has 3 rings (SSSR count). The molecule has 1 aliphatic heterocycles. The molecule has 1 unspecified atom stereocenters. The first-order valence-corrected chi connectivity index (χ1v) is 10.7. The van der Waals surface area contributed by atoms with Crippen LogP contribution in [-0.2, 0) is 16.1 Å². The first kappa shape index (κ1) is 23.0. The molecular formula is C22H32N4O2S. The van der Waals surface area contributed by atoms with Gasteiger partial charge < -0.3 is 16.4 Å². The van der Waals surface area contributed by atoms with Crippen LogP contribution >= 0.6 is 11.3 Å². The largest absolute Gasteiger partial charge is 0.350 e. The number of hydrogen-bond acceptors (Lipinski definition) is 5. The molecule has 2 amide bonds. The lowest BCUT2D eigenvalue weighted by molar-refractivity contribution is -0.139. The van der Waals surface area contributed by atoms with Crippen LogP contribution in [0, 0.1) is 12.3 Å². The third kappa shape index (κ3) is 5.87. The highest BCUT2D eigenvalue weighted by Gasteiger charge is 2.35. The fraction of sp³-hybridized carbons (Fsp3) is 0.500. The third-order valence-corrected chi connectivity index (χ3v) is 5.96. The minimum atomic E-state index is -0.339. The van der Waals surface area contributed by atoms with Crippen molar-refractivity contribution < 1.29 is 9.59 Å². The normalized spacial score (nSPS) is 16.4. The van der Waals surface area contributed by atoms with Crippen LogP contribution in [-0.4, -0.2) is 34.3 Å². The first-order chi connectivity index (χ1) is 13.2. The maximum absolute atomic E-state index is 12.7. The third-order valence-electron chi connectivity index (χ3n) is 4.99. The number of nitrogens with one attached hydrogen (secondary N) is 1. The van der Waals surface area contributed by atoms with Gasteiger partial charge >= 0.3 is 0 Å². The molecule has 7 heteroatoms. The molecule has 0 aliphatic carbocycles. The highest BCUT2D eigenvalue weighted by atomic mass is 32.1. The monoisotopic (exact) mass is 416 g/mol. The van der Waals surface area contributed by atoms with Crippen molar-refractivity contribution >= 4 is 23.2 Å². The minimum Gasteiger partial charge on any atom is -0.350 e. The highest BCUT2D eigenvalue weighted by Crippen LogP contribution is 2.27. The quantitative estimate of drug-likeness (QED) is 0.758. The van der Waals surface area contributed by atoms with Gasteiger partial charge in [0.25, 0.3) is 0 Å². The summed E-state index contributed by atoms with van der Waals surface area (Å²) in [4.78, 5) is 32.5. The molecule has 1 aliphatic rings. The number of carbonyl (C=O) groups excluding carboxylic acids is 2. The molecule has 4 N–H and O–H groups in total. The summed E-state index contributed by atoms with van der Waals surface area (Å²) in [7, 11) is 0. The number of rotatable bonds is 5. The predicted molar refractivity (Wildman–Crippen MR) is 118 cm³/mol. The number of hydrogen-bond donors (Lipinski definition) is 2. The van der Waals surface area contributed by atoms with Crippen molar-refractivity contribution in [2.45, 2.75) is 59.5 Å². The van der Waals surface area contributed by atoms with Gasteiger partial charge in [-0.05, 0) is 36.3 Å². The van der Waals surface area contributed by atoms with Crippen molar-refractivity contribution in [1.82, 2.24) is 21.4 Å². The number of aromatic nitrogens is 1. The maximum Gasteiger partial charge on any atom is 0.243 e. The minimum absolute atomic E-state index is 0. The fourth-order valence-corrected chi connectivity index (χ4v) is 4.36. The molecule has 1 aromatic carbocycles. The van der Waals surface area contributed by atoms with Gasteiger partial charge in [-0.25, -0.2) is 4.98 Å². The lowest BCUT2D eigenvalue weighted by Crippen LogP contribution is -2.46. The van der Waals surface area contributed by atoms with Gasteiger partial charge in [-0.1, -0.05) is 45.0 Å². The van der Waals surface area contributed by atoms with Crippen molar-refractivity contribution in [3.8, 4) is 10.4 Å². The Balaban J connectivity index is 0.00000300. The Hall–Kier alpha value is -2.25. The first-order valence-electron chi connectivity index (χ1n) is 9.81. The molecule has 29 heavy (non-hydrogen) atoms. The van der Waals surface area contributed by atoms with Gasteiger partial charge in [-0.2, -0.15) is 0 Å². The van der Waals surface area contributed by atoms with Crippen LogP contribution in [0.3, 0.4) is 0 Å². The summed E-state index contributed by atoms with van der Waals surface area (Å²) in [5, 5.41) is 3.01. The van der Waals surface area contributed by atoms with Crippen LogP contribution in [0.25, 0.3) is 10.4 Å². The lowest BCUT2D eigenvalue weighted by Gasteiger charge is -2.27. The smallest absolute Gasteiger partial charge is 0.243 e. The molecule has 158 valence electrons. The second-order valence-corrected chi connectivity index (χ2v) is 9.52. The van der Waals surface area contributed by atoms with Gasteiger partial charge in [-0.15, -0.1) is 11.3 Å². The van der Waals surface area contributed by atoms with E-state index in [1.807, 2.05) is 45.3 Å². The molecule has 0 saturated carbocycles.